The standard InChI is InChI=1S/C16H16N6OS3/c1-8-9(2)25-15-12(8)14(23)17-13(18-15)10(3)26-16-19-20-21-22(16)7-11-5-4-6-24-11/h4-6,10H,7H2,1-3H3,(H,17,18,23)/t10-/m1/s1. The molecule has 0 aliphatic carbocycles. The molecule has 4 aromatic heterocycles. The molecule has 7 nitrogen and oxygen atoms in total. The maximum absolute atomic E-state index is 12.5. The number of hydrogen-bond donors (Lipinski definition) is 1. The lowest BCUT2D eigenvalue weighted by atomic mass is 10.2. The molecule has 0 saturated heterocycles. The largest absolute Gasteiger partial charge is 0.309 e. The molecule has 1 atom stereocenters. The number of tetrazole rings is 1. The number of nitrogens with one attached hydrogen (secondary N) is 1. The molecule has 0 fully saturated rings. The van der Waals surface area contributed by atoms with Gasteiger partial charge in [0.15, 0.2) is 0 Å². The highest BCUT2D eigenvalue weighted by Gasteiger charge is 2.19. The van der Waals surface area contributed by atoms with E-state index in [1.165, 1.54) is 16.6 Å². The van der Waals surface area contributed by atoms with Crippen LogP contribution < -0.4 is 5.56 Å². The molecule has 134 valence electrons. The molecule has 0 unspecified atom stereocenters. The quantitative estimate of drug-likeness (QED) is 0.512. The lowest BCUT2D eigenvalue weighted by molar-refractivity contribution is 0.607. The number of thiophene rings is 2. The molecule has 10 heteroatoms. The van der Waals surface area contributed by atoms with Crippen molar-refractivity contribution in [2.24, 2.45) is 0 Å². The molecule has 4 aromatic rings. The van der Waals surface area contributed by atoms with Gasteiger partial charge >= 0.3 is 0 Å². The summed E-state index contributed by atoms with van der Waals surface area (Å²) in [5.74, 6) is 0.638. The van der Waals surface area contributed by atoms with Gasteiger partial charge in [0.05, 0.1) is 17.2 Å². The summed E-state index contributed by atoms with van der Waals surface area (Å²) in [4.78, 5) is 23.2. The Morgan fingerprint density at radius 2 is 2.23 bits per heavy atom. The summed E-state index contributed by atoms with van der Waals surface area (Å²) in [6.45, 7) is 6.59. The van der Waals surface area contributed by atoms with Gasteiger partial charge in [-0.3, -0.25) is 4.79 Å². The Balaban J connectivity index is 1.61. The van der Waals surface area contributed by atoms with Gasteiger partial charge in [-0.2, -0.15) is 0 Å². The highest BCUT2D eigenvalue weighted by atomic mass is 32.2. The van der Waals surface area contributed by atoms with Crippen molar-refractivity contribution >= 4 is 44.7 Å². The van der Waals surface area contributed by atoms with E-state index in [2.05, 4.69) is 31.6 Å². The van der Waals surface area contributed by atoms with E-state index in [9.17, 15) is 4.79 Å². The van der Waals surface area contributed by atoms with Crippen LogP contribution in [0.1, 0.15) is 33.3 Å². The van der Waals surface area contributed by atoms with E-state index in [-0.39, 0.29) is 10.8 Å². The number of H-pyrrole nitrogens is 1. The predicted octanol–water partition coefficient (Wildman–Crippen LogP) is 3.55. The first-order valence-corrected chi connectivity index (χ1v) is 10.6. The third kappa shape index (κ3) is 3.19. The van der Waals surface area contributed by atoms with Crippen molar-refractivity contribution in [3.05, 3.63) is 49.0 Å². The molecule has 0 aliphatic rings. The van der Waals surface area contributed by atoms with Crippen LogP contribution in [0.5, 0.6) is 0 Å². The van der Waals surface area contributed by atoms with Crippen molar-refractivity contribution in [3.8, 4) is 0 Å². The van der Waals surface area contributed by atoms with E-state index >= 15 is 0 Å². The van der Waals surface area contributed by atoms with Crippen LogP contribution in [-0.4, -0.2) is 30.2 Å². The third-order valence-corrected chi connectivity index (χ3v) is 7.15. The minimum absolute atomic E-state index is 0.0807. The van der Waals surface area contributed by atoms with Crippen LogP contribution in [0, 0.1) is 13.8 Å². The van der Waals surface area contributed by atoms with Gasteiger partial charge in [-0.05, 0) is 48.2 Å². The number of hydrogen-bond acceptors (Lipinski definition) is 8. The van der Waals surface area contributed by atoms with Gasteiger partial charge in [-0.25, -0.2) is 9.67 Å². The van der Waals surface area contributed by atoms with Crippen molar-refractivity contribution < 1.29 is 0 Å². The van der Waals surface area contributed by atoms with E-state index in [1.54, 1.807) is 27.4 Å². The highest BCUT2D eigenvalue weighted by molar-refractivity contribution is 7.99. The Hall–Kier alpha value is -2.04. The molecular formula is C16H16N6OS3. The van der Waals surface area contributed by atoms with Crippen molar-refractivity contribution in [2.75, 3.05) is 0 Å². The minimum Gasteiger partial charge on any atom is -0.309 e. The number of aromatic amines is 1. The molecule has 0 saturated carbocycles. The second-order valence-electron chi connectivity index (χ2n) is 5.87. The van der Waals surface area contributed by atoms with Crippen molar-refractivity contribution in [1.29, 1.82) is 0 Å². The molecule has 26 heavy (non-hydrogen) atoms. The Morgan fingerprint density at radius 1 is 1.38 bits per heavy atom. The topological polar surface area (TPSA) is 89.3 Å². The zero-order valence-electron chi connectivity index (χ0n) is 14.4. The van der Waals surface area contributed by atoms with Crippen LogP contribution in [0.25, 0.3) is 10.2 Å². The van der Waals surface area contributed by atoms with E-state index in [0.29, 0.717) is 22.9 Å². The van der Waals surface area contributed by atoms with Crippen LogP contribution in [-0.2, 0) is 6.54 Å². The average Bonchev–Trinajstić information content (AvgIpc) is 3.32. The molecule has 0 radical (unpaired) electrons. The number of nitrogens with zero attached hydrogens (tertiary/aromatic N) is 5. The molecule has 0 aliphatic heterocycles. The fourth-order valence-electron chi connectivity index (χ4n) is 2.61. The molecule has 4 rings (SSSR count). The van der Waals surface area contributed by atoms with Gasteiger partial charge in [-0.1, -0.05) is 17.8 Å². The fraction of sp³-hybridized carbons (Fsp3) is 0.312. The Kier molecular flexibility index (Phi) is 4.63. The first-order valence-electron chi connectivity index (χ1n) is 7.98. The lowest BCUT2D eigenvalue weighted by Gasteiger charge is -2.10. The van der Waals surface area contributed by atoms with E-state index < -0.39 is 0 Å². The van der Waals surface area contributed by atoms with Crippen molar-refractivity contribution in [1.82, 2.24) is 30.2 Å². The molecule has 1 N–H and O–H groups in total. The highest BCUT2D eigenvalue weighted by Crippen LogP contribution is 2.33. The Labute approximate surface area is 161 Å². The third-order valence-electron chi connectivity index (χ3n) is 4.11. The summed E-state index contributed by atoms with van der Waals surface area (Å²) >= 11 is 4.71. The predicted molar refractivity (Wildman–Crippen MR) is 105 cm³/mol. The molecule has 0 spiro atoms. The van der Waals surface area contributed by atoms with Gasteiger partial charge in [0.1, 0.15) is 10.7 Å². The van der Waals surface area contributed by atoms with Gasteiger partial charge in [-0.15, -0.1) is 27.8 Å². The number of thioether (sulfide) groups is 1. The zero-order valence-corrected chi connectivity index (χ0v) is 16.8. The minimum atomic E-state index is -0.0857. The van der Waals surface area contributed by atoms with Crippen LogP contribution >= 0.6 is 34.4 Å². The number of aryl methyl sites for hydroxylation is 2. The van der Waals surface area contributed by atoms with Crippen LogP contribution in [0.4, 0.5) is 0 Å². The monoisotopic (exact) mass is 404 g/mol. The summed E-state index contributed by atoms with van der Waals surface area (Å²) in [5.41, 5.74) is 0.919. The molecule has 0 amide bonds. The number of fused-ring (bicyclic) bond motifs is 1. The molecular weight excluding hydrogens is 388 g/mol. The van der Waals surface area contributed by atoms with E-state index in [1.807, 2.05) is 32.2 Å². The second-order valence-corrected chi connectivity index (χ2v) is 9.42. The fourth-order valence-corrected chi connectivity index (χ4v) is 5.18. The number of aromatic nitrogens is 6. The maximum Gasteiger partial charge on any atom is 0.259 e. The molecule has 0 bridgehead atoms. The molecule has 0 aromatic carbocycles. The Bertz CT molecular complexity index is 1110. The summed E-state index contributed by atoms with van der Waals surface area (Å²) < 4.78 is 1.77. The average molecular weight is 405 g/mol. The second kappa shape index (κ2) is 6.93. The van der Waals surface area contributed by atoms with Crippen LogP contribution in [0.3, 0.4) is 0 Å². The number of rotatable bonds is 5. The SMILES string of the molecule is Cc1sc2nc([C@@H](C)Sc3nnnn3Cc3cccs3)[nH]c(=O)c2c1C. The van der Waals surface area contributed by atoms with E-state index in [4.69, 9.17) is 0 Å². The summed E-state index contributed by atoms with van der Waals surface area (Å²) in [5, 5.41) is 15.3. The normalized spacial score (nSPS) is 12.7. The van der Waals surface area contributed by atoms with E-state index in [0.717, 1.165) is 15.3 Å². The van der Waals surface area contributed by atoms with Crippen LogP contribution in [0.2, 0.25) is 0 Å². The molecule has 4 heterocycles. The summed E-state index contributed by atoms with van der Waals surface area (Å²) in [6.07, 6.45) is 0. The van der Waals surface area contributed by atoms with Gasteiger partial charge in [0, 0.05) is 9.75 Å². The summed E-state index contributed by atoms with van der Waals surface area (Å²) in [6, 6.07) is 4.06. The smallest absolute Gasteiger partial charge is 0.259 e. The first kappa shape index (κ1) is 17.4. The van der Waals surface area contributed by atoms with Gasteiger partial charge < -0.3 is 4.98 Å². The van der Waals surface area contributed by atoms with Crippen LogP contribution in [0.15, 0.2) is 27.5 Å². The van der Waals surface area contributed by atoms with Crippen molar-refractivity contribution in [3.63, 3.8) is 0 Å². The first-order chi connectivity index (χ1) is 12.5. The van der Waals surface area contributed by atoms with Gasteiger partial charge in [0.2, 0.25) is 5.16 Å². The Morgan fingerprint density at radius 3 is 3.00 bits per heavy atom. The lowest BCUT2D eigenvalue weighted by Crippen LogP contribution is -2.13. The van der Waals surface area contributed by atoms with Crippen molar-refractivity contribution in [2.45, 2.75) is 37.7 Å². The maximum atomic E-state index is 12.5. The summed E-state index contributed by atoms with van der Waals surface area (Å²) in [7, 11) is 0. The van der Waals surface area contributed by atoms with Gasteiger partial charge in [0.25, 0.3) is 5.56 Å². The zero-order chi connectivity index (χ0) is 18.3.